The number of phenols is 1. The number of fused-ring (bicyclic) bond motifs is 3. The van der Waals surface area contributed by atoms with Crippen LogP contribution in [0.2, 0.25) is 0 Å². The Morgan fingerprint density at radius 1 is 1.16 bits per heavy atom. The van der Waals surface area contributed by atoms with Crippen molar-refractivity contribution < 1.29 is 44.3 Å². The Balaban J connectivity index is 1.84. The number of Topliss-reactive ketones (excluding diaryl/α,β-unsaturated/α-hetero) is 2. The van der Waals surface area contributed by atoms with Crippen molar-refractivity contribution in [2.45, 2.75) is 30.6 Å². The minimum absolute atomic E-state index is 0.129. The number of aromatic hydroxyl groups is 1. The van der Waals surface area contributed by atoms with Gasteiger partial charge in [0.2, 0.25) is 5.78 Å². The summed E-state index contributed by atoms with van der Waals surface area (Å²) in [6.45, 7) is 4.05. The Bertz CT molecular complexity index is 1370. The Morgan fingerprint density at radius 3 is 2.38 bits per heavy atom. The van der Waals surface area contributed by atoms with Crippen LogP contribution in [0.25, 0.3) is 11.3 Å². The highest BCUT2D eigenvalue weighted by molar-refractivity contribution is 6.25. The standard InChI is InChI=1S/C26H26N2O9/c1-9-11-5-4-6-12(29)14(11)19(30)15-13(9)21(37-25(35)10-7-8-10)17-18(28(2)3)20(31)16(24(27)34)23(33)26(17,36)22(15)32/h4-6,10,13,17-18,21,29-30,33,36H,1,7-8H2,2-3H3,(H2,27,34). The van der Waals surface area contributed by atoms with Crippen molar-refractivity contribution in [3.05, 3.63) is 52.8 Å². The number of ketones is 2. The number of benzene rings is 1. The van der Waals surface area contributed by atoms with Gasteiger partial charge in [-0.05, 0) is 44.1 Å². The summed E-state index contributed by atoms with van der Waals surface area (Å²) in [7, 11) is 2.92. The molecule has 2 saturated carbocycles. The van der Waals surface area contributed by atoms with E-state index in [0.717, 1.165) is 0 Å². The normalized spacial score (nSPS) is 31.2. The van der Waals surface area contributed by atoms with Gasteiger partial charge in [-0.2, -0.15) is 0 Å². The molecule has 0 saturated heterocycles. The maximum atomic E-state index is 14.0. The third-order valence-corrected chi connectivity index (χ3v) is 7.74. The molecule has 11 heteroatoms. The van der Waals surface area contributed by atoms with Gasteiger partial charge in [-0.25, -0.2) is 0 Å². The van der Waals surface area contributed by atoms with E-state index in [-0.39, 0.29) is 22.4 Å². The molecule has 0 spiro atoms. The lowest BCUT2D eigenvalue weighted by Gasteiger charge is -2.53. The highest BCUT2D eigenvalue weighted by Crippen LogP contribution is 2.56. The number of nitrogens with zero attached hydrogens (tertiary/aromatic N) is 1. The lowest BCUT2D eigenvalue weighted by atomic mass is 9.55. The van der Waals surface area contributed by atoms with Crippen LogP contribution in [-0.4, -0.2) is 80.6 Å². The zero-order chi connectivity index (χ0) is 27.1. The molecule has 194 valence electrons. The number of hydrogen-bond donors (Lipinski definition) is 5. The van der Waals surface area contributed by atoms with Crippen molar-refractivity contribution in [1.29, 1.82) is 0 Å². The van der Waals surface area contributed by atoms with Crippen molar-refractivity contribution in [1.82, 2.24) is 4.90 Å². The second-order valence-corrected chi connectivity index (χ2v) is 10.1. The second kappa shape index (κ2) is 8.02. The van der Waals surface area contributed by atoms with E-state index in [1.54, 1.807) is 6.07 Å². The summed E-state index contributed by atoms with van der Waals surface area (Å²) in [6, 6.07) is 2.91. The predicted octanol–water partition coefficient (Wildman–Crippen LogP) is 0.366. The van der Waals surface area contributed by atoms with Gasteiger partial charge in [-0.3, -0.25) is 24.1 Å². The van der Waals surface area contributed by atoms with Gasteiger partial charge in [-0.1, -0.05) is 18.7 Å². The lowest BCUT2D eigenvalue weighted by Crippen LogP contribution is -2.70. The lowest BCUT2D eigenvalue weighted by molar-refractivity contribution is -0.182. The molecule has 0 heterocycles. The number of primary amides is 1. The quantitative estimate of drug-likeness (QED) is 0.280. The number of hydrogen-bond acceptors (Lipinski definition) is 10. The molecule has 37 heavy (non-hydrogen) atoms. The van der Waals surface area contributed by atoms with Crippen molar-refractivity contribution in [2.24, 2.45) is 23.5 Å². The van der Waals surface area contributed by atoms with Gasteiger partial charge in [0.1, 0.15) is 28.9 Å². The fraction of sp³-hybridized carbons (Fsp3) is 0.385. The van der Waals surface area contributed by atoms with Gasteiger partial charge in [0.25, 0.3) is 5.91 Å². The molecule has 5 rings (SSSR count). The van der Waals surface area contributed by atoms with Crippen LogP contribution in [0, 0.1) is 17.8 Å². The molecular formula is C26H26N2O9. The smallest absolute Gasteiger partial charge is 0.309 e. The first kappa shape index (κ1) is 24.7. The summed E-state index contributed by atoms with van der Waals surface area (Å²) in [5.74, 6) is -9.79. The molecule has 11 nitrogen and oxygen atoms in total. The molecule has 0 radical (unpaired) electrons. The summed E-state index contributed by atoms with van der Waals surface area (Å²) >= 11 is 0. The van der Waals surface area contributed by atoms with Crippen LogP contribution in [0.3, 0.4) is 0 Å². The monoisotopic (exact) mass is 510 g/mol. The number of nitrogens with two attached hydrogens (primary N) is 1. The second-order valence-electron chi connectivity index (χ2n) is 10.1. The number of rotatable bonds is 4. The zero-order valence-corrected chi connectivity index (χ0v) is 20.1. The number of aliphatic hydroxyl groups excluding tert-OH is 2. The zero-order valence-electron chi connectivity index (χ0n) is 20.1. The summed E-state index contributed by atoms with van der Waals surface area (Å²) in [6.07, 6.45) is -0.324. The summed E-state index contributed by atoms with van der Waals surface area (Å²) in [5.41, 5.74) is 1.28. The maximum Gasteiger partial charge on any atom is 0.309 e. The van der Waals surface area contributed by atoms with Crippen molar-refractivity contribution >= 4 is 34.8 Å². The number of likely N-dealkylation sites (N-methyl/N-ethyl adjacent to an activating group) is 1. The van der Waals surface area contributed by atoms with E-state index in [1.807, 2.05) is 0 Å². The number of amides is 1. The van der Waals surface area contributed by atoms with Crippen LogP contribution in [0.5, 0.6) is 5.75 Å². The number of ether oxygens (including phenoxy) is 1. The Hall–Kier alpha value is -3.96. The van der Waals surface area contributed by atoms with Crippen LogP contribution in [0.1, 0.15) is 24.0 Å². The molecule has 6 N–H and O–H groups in total. The Kier molecular flexibility index (Phi) is 5.36. The highest BCUT2D eigenvalue weighted by Gasteiger charge is 2.69. The average molecular weight is 510 g/mol. The van der Waals surface area contributed by atoms with Crippen molar-refractivity contribution in [3.63, 3.8) is 0 Å². The van der Waals surface area contributed by atoms with Gasteiger partial charge in [-0.15, -0.1) is 0 Å². The molecule has 4 aliphatic rings. The molecule has 0 aromatic heterocycles. The van der Waals surface area contributed by atoms with Gasteiger partial charge in [0.15, 0.2) is 11.4 Å². The predicted molar refractivity (Wildman–Crippen MR) is 128 cm³/mol. The average Bonchev–Trinajstić information content (AvgIpc) is 3.66. The van der Waals surface area contributed by atoms with E-state index in [0.29, 0.717) is 12.8 Å². The molecular weight excluding hydrogens is 484 g/mol. The number of phenolic OH excluding ortho intramolecular Hbond substituents is 1. The molecule has 2 fully saturated rings. The molecule has 4 aliphatic carbocycles. The van der Waals surface area contributed by atoms with Crippen molar-refractivity contribution in [2.75, 3.05) is 14.1 Å². The van der Waals surface area contributed by atoms with Gasteiger partial charge in [0.05, 0.1) is 34.9 Å². The number of carbonyl (C=O) groups excluding carboxylic acids is 4. The first-order chi connectivity index (χ1) is 17.3. The number of esters is 1. The van der Waals surface area contributed by atoms with Gasteiger partial charge < -0.3 is 30.9 Å². The topological polar surface area (TPSA) is 188 Å². The van der Waals surface area contributed by atoms with Gasteiger partial charge in [0, 0.05) is 0 Å². The third kappa shape index (κ3) is 3.20. The molecule has 0 aliphatic heterocycles. The minimum atomic E-state index is -2.97. The summed E-state index contributed by atoms with van der Waals surface area (Å²) in [5, 5.41) is 44.7. The van der Waals surface area contributed by atoms with E-state index in [4.69, 9.17) is 10.5 Å². The van der Waals surface area contributed by atoms with Crippen molar-refractivity contribution in [3.8, 4) is 5.75 Å². The first-order valence-corrected chi connectivity index (χ1v) is 11.7. The Morgan fingerprint density at radius 2 is 1.81 bits per heavy atom. The molecule has 5 atom stereocenters. The summed E-state index contributed by atoms with van der Waals surface area (Å²) in [4.78, 5) is 53.9. The first-order valence-electron chi connectivity index (χ1n) is 11.7. The highest BCUT2D eigenvalue weighted by atomic mass is 16.5. The molecule has 0 bridgehead atoms. The maximum absolute atomic E-state index is 14.0. The van der Waals surface area contributed by atoms with Crippen LogP contribution >= 0.6 is 0 Å². The van der Waals surface area contributed by atoms with E-state index >= 15 is 0 Å². The Labute approximate surface area is 211 Å². The number of carbonyl (C=O) groups is 4. The molecule has 5 unspecified atom stereocenters. The minimum Gasteiger partial charge on any atom is -0.508 e. The van der Waals surface area contributed by atoms with Crippen LogP contribution in [0.4, 0.5) is 0 Å². The SMILES string of the molecule is C=C1c2cccc(O)c2C(O)=C2C(=O)C3(O)C(O)=C(C(N)=O)C(=O)C(N(C)C)C3C(OC(=O)C3CC3)C12. The molecule has 1 aromatic carbocycles. The van der Waals surface area contributed by atoms with E-state index in [9.17, 15) is 39.6 Å². The number of aliphatic hydroxyl groups is 3. The summed E-state index contributed by atoms with van der Waals surface area (Å²) < 4.78 is 5.86. The fourth-order valence-electron chi connectivity index (χ4n) is 5.87. The van der Waals surface area contributed by atoms with E-state index in [2.05, 4.69) is 6.58 Å². The van der Waals surface area contributed by atoms with Crippen LogP contribution in [-0.2, 0) is 23.9 Å². The van der Waals surface area contributed by atoms with E-state index in [1.165, 1.54) is 31.1 Å². The largest absolute Gasteiger partial charge is 0.508 e. The molecule has 1 amide bonds. The third-order valence-electron chi connectivity index (χ3n) is 7.74. The molecule has 1 aromatic rings. The fourth-order valence-corrected chi connectivity index (χ4v) is 5.87. The van der Waals surface area contributed by atoms with Gasteiger partial charge >= 0.3 is 5.97 Å². The van der Waals surface area contributed by atoms with Crippen LogP contribution in [0.15, 0.2) is 41.7 Å². The van der Waals surface area contributed by atoms with E-state index < -0.39 is 81.6 Å². The van der Waals surface area contributed by atoms with Crippen LogP contribution < -0.4 is 5.73 Å².